The van der Waals surface area contributed by atoms with Crippen LogP contribution >= 0.6 is 0 Å². The molecule has 0 aliphatic carbocycles. The number of ether oxygens (including phenoxy) is 2. The molecule has 29 heavy (non-hydrogen) atoms. The molecular weight excluding hydrogens is 364 g/mol. The van der Waals surface area contributed by atoms with Gasteiger partial charge in [-0.3, -0.25) is 4.79 Å². The lowest BCUT2D eigenvalue weighted by Crippen LogP contribution is -2.16. The van der Waals surface area contributed by atoms with E-state index in [1.165, 1.54) is 0 Å². The molecule has 0 aromatic heterocycles. The maximum absolute atomic E-state index is 12.2. The normalized spacial score (nSPS) is 10.3. The summed E-state index contributed by atoms with van der Waals surface area (Å²) in [5.41, 5.74) is 3.88. The Morgan fingerprint density at radius 1 is 0.966 bits per heavy atom. The Labute approximate surface area is 171 Å². The molecule has 0 bridgehead atoms. The van der Waals surface area contributed by atoms with Crippen LogP contribution in [0.3, 0.4) is 0 Å². The number of nitrogens with one attached hydrogen (secondary N) is 2. The second-order valence-corrected chi connectivity index (χ2v) is 6.73. The maximum atomic E-state index is 12.2. The van der Waals surface area contributed by atoms with E-state index < -0.39 is 0 Å². The number of carbonyl (C=O) groups excluding carboxylic acids is 1. The second kappa shape index (κ2) is 10.2. The molecular formula is C24H26N2O3. The lowest BCUT2D eigenvalue weighted by molar-refractivity contribution is -0.115. The van der Waals surface area contributed by atoms with E-state index in [9.17, 15) is 4.79 Å². The molecule has 3 aromatic carbocycles. The standard InChI is InChI=1S/C24H26N2O3/c1-18-8-13-23(28-2)22(16-18)25-15-14-24(27)26-20-9-11-21(12-10-20)29-17-19-6-4-3-5-7-19/h3-13,16,25H,14-15,17H2,1-2H3,(H,26,27). The molecule has 3 aromatic rings. The predicted molar refractivity (Wildman–Crippen MR) is 117 cm³/mol. The van der Waals surface area contributed by atoms with Crippen LogP contribution in [0.25, 0.3) is 0 Å². The highest BCUT2D eigenvalue weighted by Crippen LogP contribution is 2.25. The van der Waals surface area contributed by atoms with Gasteiger partial charge in [0.15, 0.2) is 0 Å². The molecule has 2 N–H and O–H groups in total. The van der Waals surface area contributed by atoms with Crippen LogP contribution in [-0.2, 0) is 11.4 Å². The fourth-order valence-corrected chi connectivity index (χ4v) is 2.87. The summed E-state index contributed by atoms with van der Waals surface area (Å²) in [4.78, 5) is 12.2. The highest BCUT2D eigenvalue weighted by Gasteiger charge is 2.06. The van der Waals surface area contributed by atoms with Crippen molar-refractivity contribution in [3.05, 3.63) is 83.9 Å². The number of methoxy groups -OCH3 is 1. The Balaban J connectivity index is 1.44. The van der Waals surface area contributed by atoms with E-state index in [1.54, 1.807) is 7.11 Å². The molecule has 0 fully saturated rings. The van der Waals surface area contributed by atoms with Crippen LogP contribution in [0.2, 0.25) is 0 Å². The zero-order chi connectivity index (χ0) is 20.5. The summed E-state index contributed by atoms with van der Waals surface area (Å²) in [7, 11) is 1.63. The molecule has 1 amide bonds. The van der Waals surface area contributed by atoms with Gasteiger partial charge >= 0.3 is 0 Å². The molecule has 0 atom stereocenters. The van der Waals surface area contributed by atoms with Gasteiger partial charge in [-0.2, -0.15) is 0 Å². The monoisotopic (exact) mass is 390 g/mol. The Bertz CT molecular complexity index is 925. The lowest BCUT2D eigenvalue weighted by Gasteiger charge is -2.12. The van der Waals surface area contributed by atoms with Crippen molar-refractivity contribution in [2.75, 3.05) is 24.3 Å². The Morgan fingerprint density at radius 3 is 2.45 bits per heavy atom. The van der Waals surface area contributed by atoms with E-state index in [2.05, 4.69) is 10.6 Å². The number of benzene rings is 3. The van der Waals surface area contributed by atoms with Gasteiger partial charge in [0.05, 0.1) is 12.8 Å². The highest BCUT2D eigenvalue weighted by molar-refractivity contribution is 5.91. The Morgan fingerprint density at radius 2 is 1.72 bits per heavy atom. The molecule has 0 aliphatic heterocycles. The first-order valence-corrected chi connectivity index (χ1v) is 9.59. The average molecular weight is 390 g/mol. The summed E-state index contributed by atoms with van der Waals surface area (Å²) in [6, 6.07) is 23.3. The van der Waals surface area contributed by atoms with Crippen LogP contribution in [0.15, 0.2) is 72.8 Å². The fraction of sp³-hybridized carbons (Fsp3) is 0.208. The van der Waals surface area contributed by atoms with Gasteiger partial charge < -0.3 is 20.1 Å². The zero-order valence-electron chi connectivity index (χ0n) is 16.8. The Kier molecular flexibility index (Phi) is 7.11. The van der Waals surface area contributed by atoms with Crippen LogP contribution in [-0.4, -0.2) is 19.6 Å². The van der Waals surface area contributed by atoms with Crippen molar-refractivity contribution < 1.29 is 14.3 Å². The number of amides is 1. The number of aryl methyl sites for hydroxylation is 1. The minimum atomic E-state index is -0.0536. The molecule has 0 radical (unpaired) electrons. The summed E-state index contributed by atoms with van der Waals surface area (Å²) in [5.74, 6) is 1.48. The third kappa shape index (κ3) is 6.28. The molecule has 150 valence electrons. The smallest absolute Gasteiger partial charge is 0.226 e. The van der Waals surface area contributed by atoms with E-state index in [0.717, 1.165) is 34.0 Å². The third-order valence-corrected chi connectivity index (χ3v) is 4.41. The molecule has 0 heterocycles. The van der Waals surface area contributed by atoms with Crippen LogP contribution in [0, 0.1) is 6.92 Å². The van der Waals surface area contributed by atoms with Crippen molar-refractivity contribution in [3.63, 3.8) is 0 Å². The van der Waals surface area contributed by atoms with Gasteiger partial charge in [-0.25, -0.2) is 0 Å². The maximum Gasteiger partial charge on any atom is 0.226 e. The molecule has 5 nitrogen and oxygen atoms in total. The molecule has 0 aliphatic rings. The minimum absolute atomic E-state index is 0.0536. The van der Waals surface area contributed by atoms with E-state index in [-0.39, 0.29) is 5.91 Å². The number of hydrogen-bond donors (Lipinski definition) is 2. The molecule has 3 rings (SSSR count). The van der Waals surface area contributed by atoms with Gasteiger partial charge in [0.1, 0.15) is 18.1 Å². The topological polar surface area (TPSA) is 59.6 Å². The SMILES string of the molecule is COc1ccc(C)cc1NCCC(=O)Nc1ccc(OCc2ccccc2)cc1. The van der Waals surface area contributed by atoms with Gasteiger partial charge in [0, 0.05) is 18.7 Å². The van der Waals surface area contributed by atoms with Gasteiger partial charge in [-0.1, -0.05) is 36.4 Å². The quantitative estimate of drug-likeness (QED) is 0.538. The van der Waals surface area contributed by atoms with E-state index in [0.29, 0.717) is 19.6 Å². The first-order valence-electron chi connectivity index (χ1n) is 9.59. The summed E-state index contributed by atoms with van der Waals surface area (Å²) < 4.78 is 11.1. The summed E-state index contributed by atoms with van der Waals surface area (Å²) in [6.07, 6.45) is 0.351. The van der Waals surface area contributed by atoms with E-state index in [4.69, 9.17) is 9.47 Å². The van der Waals surface area contributed by atoms with Crippen molar-refractivity contribution in [1.29, 1.82) is 0 Å². The highest BCUT2D eigenvalue weighted by atomic mass is 16.5. The third-order valence-electron chi connectivity index (χ3n) is 4.41. The first-order chi connectivity index (χ1) is 14.1. The van der Waals surface area contributed by atoms with Gasteiger partial charge in [-0.15, -0.1) is 0 Å². The number of anilines is 2. The van der Waals surface area contributed by atoms with E-state index >= 15 is 0 Å². The zero-order valence-corrected chi connectivity index (χ0v) is 16.8. The van der Waals surface area contributed by atoms with Crippen molar-refractivity contribution in [2.24, 2.45) is 0 Å². The van der Waals surface area contributed by atoms with E-state index in [1.807, 2.05) is 79.7 Å². The summed E-state index contributed by atoms with van der Waals surface area (Å²) >= 11 is 0. The van der Waals surface area contributed by atoms with Crippen molar-refractivity contribution in [3.8, 4) is 11.5 Å². The number of carbonyl (C=O) groups is 1. The minimum Gasteiger partial charge on any atom is -0.495 e. The Hall–Kier alpha value is -3.47. The van der Waals surface area contributed by atoms with Crippen LogP contribution in [0.1, 0.15) is 17.5 Å². The van der Waals surface area contributed by atoms with Crippen molar-refractivity contribution in [1.82, 2.24) is 0 Å². The average Bonchev–Trinajstić information content (AvgIpc) is 2.74. The fourth-order valence-electron chi connectivity index (χ4n) is 2.87. The summed E-state index contributed by atoms with van der Waals surface area (Å²) in [6.45, 7) is 3.05. The molecule has 0 saturated carbocycles. The van der Waals surface area contributed by atoms with Crippen molar-refractivity contribution >= 4 is 17.3 Å². The second-order valence-electron chi connectivity index (χ2n) is 6.73. The molecule has 0 unspecified atom stereocenters. The number of hydrogen-bond acceptors (Lipinski definition) is 4. The van der Waals surface area contributed by atoms with Crippen LogP contribution < -0.4 is 20.1 Å². The number of rotatable bonds is 9. The molecule has 0 saturated heterocycles. The lowest BCUT2D eigenvalue weighted by atomic mass is 10.2. The van der Waals surface area contributed by atoms with Crippen molar-refractivity contribution in [2.45, 2.75) is 20.0 Å². The molecule has 0 spiro atoms. The predicted octanol–water partition coefficient (Wildman–Crippen LogP) is 5.02. The van der Waals surface area contributed by atoms with Crippen LogP contribution in [0.4, 0.5) is 11.4 Å². The van der Waals surface area contributed by atoms with Gasteiger partial charge in [-0.05, 0) is 54.4 Å². The molecule has 5 heteroatoms. The van der Waals surface area contributed by atoms with Gasteiger partial charge in [0.25, 0.3) is 0 Å². The summed E-state index contributed by atoms with van der Waals surface area (Å²) in [5, 5.41) is 6.16. The van der Waals surface area contributed by atoms with Crippen LogP contribution in [0.5, 0.6) is 11.5 Å². The first kappa shape index (κ1) is 20.3. The largest absolute Gasteiger partial charge is 0.495 e. The van der Waals surface area contributed by atoms with Gasteiger partial charge in [0.2, 0.25) is 5.91 Å².